The van der Waals surface area contributed by atoms with Crippen molar-refractivity contribution in [3.8, 4) is 11.5 Å². The molecule has 0 radical (unpaired) electrons. The fraction of sp³-hybridized carbons (Fsp3) is 0.176. The Bertz CT molecular complexity index is 1070. The normalized spacial score (nSPS) is 11.1. The number of nitrogens with zero attached hydrogens (tertiary/aromatic N) is 2. The van der Waals surface area contributed by atoms with E-state index in [1.54, 1.807) is 13.1 Å². The number of nitrogens with one attached hydrogen (secondary N) is 2. The molecule has 2 rings (SSSR count). The van der Waals surface area contributed by atoms with Crippen LogP contribution >= 0.6 is 12.2 Å². The molecule has 0 aliphatic heterocycles. The molecule has 0 amide bonds. The van der Waals surface area contributed by atoms with Crippen molar-refractivity contribution in [1.82, 2.24) is 10.7 Å². The van der Waals surface area contributed by atoms with Crippen LogP contribution in [0.15, 0.2) is 46.4 Å². The zero-order valence-electron chi connectivity index (χ0n) is 15.7. The van der Waals surface area contributed by atoms with Crippen LogP contribution in [0.5, 0.6) is 11.5 Å². The van der Waals surface area contributed by atoms with E-state index in [0.29, 0.717) is 16.2 Å². The molecule has 0 saturated heterocycles. The molecule has 0 heterocycles. The van der Waals surface area contributed by atoms with Crippen molar-refractivity contribution >= 4 is 39.4 Å². The lowest BCUT2D eigenvalue weighted by atomic mass is 10.2. The zero-order chi connectivity index (χ0) is 21.6. The van der Waals surface area contributed by atoms with Gasteiger partial charge in [-0.25, -0.2) is 0 Å². The summed E-state index contributed by atoms with van der Waals surface area (Å²) >= 11 is 4.89. The van der Waals surface area contributed by atoms with Gasteiger partial charge < -0.3 is 14.2 Å². The van der Waals surface area contributed by atoms with Gasteiger partial charge in [0.1, 0.15) is 4.90 Å². The van der Waals surface area contributed by atoms with Gasteiger partial charge in [-0.15, -0.1) is 0 Å². The summed E-state index contributed by atoms with van der Waals surface area (Å²) in [7, 11) is -1.33. The second-order valence-electron chi connectivity index (χ2n) is 5.60. The first-order chi connectivity index (χ1) is 13.7. The van der Waals surface area contributed by atoms with Gasteiger partial charge in [0.2, 0.25) is 0 Å². The summed E-state index contributed by atoms with van der Waals surface area (Å²) in [6, 6.07) is 7.98. The summed E-state index contributed by atoms with van der Waals surface area (Å²) < 4.78 is 35.4. The molecule has 0 atom stereocenters. The molecule has 0 unspecified atom stereocenters. The quantitative estimate of drug-likeness (QED) is 0.219. The largest absolute Gasteiger partial charge is 0.493 e. The number of thiocarbonyl (C=S) groups is 1. The average molecular weight is 438 g/mol. The Balaban J connectivity index is 2.30. The maximum atomic E-state index is 12.6. The van der Waals surface area contributed by atoms with Crippen molar-refractivity contribution in [1.29, 1.82) is 0 Å². The number of rotatable bonds is 7. The van der Waals surface area contributed by atoms with Gasteiger partial charge in [0, 0.05) is 18.7 Å². The van der Waals surface area contributed by atoms with E-state index in [9.17, 15) is 18.5 Å². The molecule has 0 aliphatic rings. The average Bonchev–Trinajstić information content (AvgIpc) is 2.68. The Hall–Kier alpha value is -3.25. The molecule has 0 spiro atoms. The number of hydrogen-bond donors (Lipinski definition) is 2. The summed E-state index contributed by atoms with van der Waals surface area (Å²) in [5.41, 5.74) is 3.18. The smallest absolute Gasteiger partial charge is 0.339 e. The number of hydrogen-bond acceptors (Lipinski definition) is 8. The topological polar surface area (TPSA) is 132 Å². The third kappa shape index (κ3) is 5.62. The van der Waals surface area contributed by atoms with Gasteiger partial charge in [0.25, 0.3) is 5.69 Å². The van der Waals surface area contributed by atoms with Crippen molar-refractivity contribution in [2.75, 3.05) is 14.2 Å². The molecule has 0 fully saturated rings. The van der Waals surface area contributed by atoms with Crippen molar-refractivity contribution in [3.05, 3.63) is 57.6 Å². The molecule has 0 aromatic heterocycles. The number of nitro groups is 1. The second kappa shape index (κ2) is 9.30. The van der Waals surface area contributed by atoms with E-state index < -0.39 is 15.0 Å². The van der Waals surface area contributed by atoms with Crippen LogP contribution in [-0.2, 0) is 10.1 Å². The van der Waals surface area contributed by atoms with Crippen molar-refractivity contribution < 1.29 is 22.3 Å². The number of benzene rings is 2. The van der Waals surface area contributed by atoms with Crippen LogP contribution in [0.1, 0.15) is 11.1 Å². The maximum absolute atomic E-state index is 12.6. The number of aryl methyl sites for hydroxylation is 1. The molecule has 29 heavy (non-hydrogen) atoms. The summed E-state index contributed by atoms with van der Waals surface area (Å²) in [5, 5.41) is 18.0. The first-order valence-electron chi connectivity index (χ1n) is 8.06. The Labute approximate surface area is 172 Å². The first kappa shape index (κ1) is 22.0. The molecule has 0 bridgehead atoms. The van der Waals surface area contributed by atoms with Crippen molar-refractivity contribution in [2.45, 2.75) is 11.8 Å². The highest BCUT2D eigenvalue weighted by Crippen LogP contribution is 2.31. The van der Waals surface area contributed by atoms with Gasteiger partial charge in [0.05, 0.1) is 18.2 Å². The molecular weight excluding hydrogens is 420 g/mol. The van der Waals surface area contributed by atoms with Gasteiger partial charge in [-0.05, 0) is 49.0 Å². The number of nitro benzene ring substituents is 1. The minimum Gasteiger partial charge on any atom is -0.493 e. The lowest BCUT2D eigenvalue weighted by Crippen LogP contribution is -2.28. The highest BCUT2D eigenvalue weighted by Gasteiger charge is 2.23. The van der Waals surface area contributed by atoms with Crippen LogP contribution in [-0.4, -0.2) is 38.8 Å². The Morgan fingerprint density at radius 3 is 2.59 bits per heavy atom. The molecule has 2 aromatic rings. The fourth-order valence-electron chi connectivity index (χ4n) is 2.16. The summed E-state index contributed by atoms with van der Waals surface area (Å²) in [4.78, 5) is 10.1. The lowest BCUT2D eigenvalue weighted by Gasteiger charge is -2.11. The van der Waals surface area contributed by atoms with Crippen molar-refractivity contribution in [3.63, 3.8) is 0 Å². The minimum atomic E-state index is -4.32. The van der Waals surface area contributed by atoms with Gasteiger partial charge >= 0.3 is 10.1 Å². The summed E-state index contributed by atoms with van der Waals surface area (Å²) in [5.74, 6) is 0.0573. The van der Waals surface area contributed by atoms with Crippen LogP contribution < -0.4 is 19.7 Å². The Morgan fingerprint density at radius 2 is 1.97 bits per heavy atom. The molecular formula is C17H18N4O6S2. The van der Waals surface area contributed by atoms with E-state index in [2.05, 4.69) is 15.8 Å². The van der Waals surface area contributed by atoms with E-state index in [1.165, 1.54) is 44.5 Å². The molecule has 0 aliphatic carbocycles. The van der Waals surface area contributed by atoms with Gasteiger partial charge in [-0.1, -0.05) is 6.07 Å². The highest BCUT2D eigenvalue weighted by molar-refractivity contribution is 7.87. The van der Waals surface area contributed by atoms with E-state index in [4.69, 9.17) is 21.1 Å². The summed E-state index contributed by atoms with van der Waals surface area (Å²) in [6.45, 7) is 1.51. The molecule has 12 heteroatoms. The van der Waals surface area contributed by atoms with E-state index >= 15 is 0 Å². The highest BCUT2D eigenvalue weighted by atomic mass is 32.2. The number of methoxy groups -OCH3 is 1. The third-order valence-electron chi connectivity index (χ3n) is 3.66. The third-order valence-corrected chi connectivity index (χ3v) is 5.19. The van der Waals surface area contributed by atoms with Gasteiger partial charge in [-0.2, -0.15) is 13.5 Å². The maximum Gasteiger partial charge on any atom is 0.339 e. The van der Waals surface area contributed by atoms with E-state index in [1.807, 2.05) is 0 Å². The standard InChI is InChI=1S/C17H18N4O6S2/c1-11-4-6-13(9-14(11)21(22)23)29(24,25)27-15-7-5-12(8-16(15)26-3)10-19-20-17(28)18-2/h4-10H,1-3H3,(H2,18,20,28)/b19-10-. The van der Waals surface area contributed by atoms with Gasteiger partial charge in [0.15, 0.2) is 16.6 Å². The van der Waals surface area contributed by atoms with Crippen LogP contribution in [0, 0.1) is 17.0 Å². The van der Waals surface area contributed by atoms with Crippen LogP contribution in [0.2, 0.25) is 0 Å². The van der Waals surface area contributed by atoms with Crippen molar-refractivity contribution in [2.24, 2.45) is 5.10 Å². The minimum absolute atomic E-state index is 0.0772. The zero-order valence-corrected chi connectivity index (χ0v) is 17.3. The van der Waals surface area contributed by atoms with Crippen LogP contribution in [0.25, 0.3) is 0 Å². The molecule has 10 nitrogen and oxygen atoms in total. The monoisotopic (exact) mass is 438 g/mol. The van der Waals surface area contributed by atoms with Gasteiger partial charge in [-0.3, -0.25) is 15.5 Å². The predicted molar refractivity (Wildman–Crippen MR) is 111 cm³/mol. The number of hydrazone groups is 1. The Kier molecular flexibility index (Phi) is 7.07. The van der Waals surface area contributed by atoms with E-state index in [-0.39, 0.29) is 22.1 Å². The van der Waals surface area contributed by atoms with E-state index in [0.717, 1.165) is 6.07 Å². The lowest BCUT2D eigenvalue weighted by molar-refractivity contribution is -0.385. The predicted octanol–water partition coefficient (Wildman–Crippen LogP) is 2.11. The molecule has 2 N–H and O–H groups in total. The van der Waals surface area contributed by atoms with Crippen LogP contribution in [0.3, 0.4) is 0 Å². The SMILES string of the molecule is CNC(=S)N/N=C\c1ccc(OS(=O)(=O)c2ccc(C)c([N+](=O)[O-])c2)c(OC)c1. The molecule has 154 valence electrons. The van der Waals surface area contributed by atoms with Crippen LogP contribution in [0.4, 0.5) is 5.69 Å². The fourth-order valence-corrected chi connectivity index (χ4v) is 3.18. The Morgan fingerprint density at radius 1 is 1.24 bits per heavy atom. The number of ether oxygens (including phenoxy) is 1. The second-order valence-corrected chi connectivity index (χ2v) is 7.56. The molecule has 0 saturated carbocycles. The molecule has 2 aromatic carbocycles. The summed E-state index contributed by atoms with van der Waals surface area (Å²) in [6.07, 6.45) is 1.45. The first-order valence-corrected chi connectivity index (χ1v) is 9.88.